The zero-order chi connectivity index (χ0) is 23.9. The number of nitrogens with one attached hydrogen (secondary N) is 1. The van der Waals surface area contributed by atoms with E-state index in [2.05, 4.69) is 89.2 Å². The average Bonchev–Trinajstić information content (AvgIpc) is 3.21. The summed E-state index contributed by atoms with van der Waals surface area (Å²) in [4.78, 5) is 7.79. The Kier molecular flexibility index (Phi) is 4.95. The third-order valence-electron chi connectivity index (χ3n) is 7.63. The van der Waals surface area contributed by atoms with Gasteiger partial charge in [-0.2, -0.15) is 9.61 Å². The first-order chi connectivity index (χ1) is 15.4. The Morgan fingerprint density at radius 1 is 0.879 bits per heavy atom. The summed E-state index contributed by atoms with van der Waals surface area (Å²) in [6, 6.07) is 5.03. The molecule has 0 bridgehead atoms. The summed E-state index contributed by atoms with van der Waals surface area (Å²) in [5.41, 5.74) is 11.2. The Morgan fingerprint density at radius 2 is 1.48 bits per heavy atom. The molecule has 176 valence electrons. The van der Waals surface area contributed by atoms with Gasteiger partial charge in [0, 0.05) is 34.9 Å². The number of nitrogens with zero attached hydrogens (tertiary/aromatic N) is 4. The second kappa shape index (κ2) is 7.30. The van der Waals surface area contributed by atoms with Crippen molar-refractivity contribution in [3.8, 4) is 11.1 Å². The Balaban J connectivity index is 1.70. The molecule has 1 saturated heterocycles. The van der Waals surface area contributed by atoms with Crippen LogP contribution in [0.4, 0.5) is 5.82 Å². The number of hydrogen-bond donors (Lipinski definition) is 1. The van der Waals surface area contributed by atoms with Crippen molar-refractivity contribution in [3.63, 3.8) is 0 Å². The molecule has 0 atom stereocenters. The van der Waals surface area contributed by atoms with Gasteiger partial charge in [-0.3, -0.25) is 0 Å². The van der Waals surface area contributed by atoms with Crippen LogP contribution in [-0.4, -0.2) is 38.3 Å². The number of anilines is 1. The monoisotopic (exact) mass is 445 g/mol. The minimum absolute atomic E-state index is 0.109. The van der Waals surface area contributed by atoms with Crippen LogP contribution in [0.3, 0.4) is 0 Å². The summed E-state index contributed by atoms with van der Waals surface area (Å²) < 4.78 is 2.17. The molecule has 0 radical (unpaired) electrons. The van der Waals surface area contributed by atoms with Crippen molar-refractivity contribution in [1.29, 1.82) is 0 Å². The normalized spacial score (nSPS) is 20.0. The highest BCUT2D eigenvalue weighted by molar-refractivity contribution is 5.85. The van der Waals surface area contributed by atoms with E-state index < -0.39 is 0 Å². The van der Waals surface area contributed by atoms with Crippen molar-refractivity contribution >= 4 is 11.5 Å². The molecule has 0 amide bonds. The Morgan fingerprint density at radius 3 is 2.09 bits per heavy atom. The van der Waals surface area contributed by atoms with Gasteiger partial charge in [0.05, 0.1) is 11.3 Å². The number of rotatable bonds is 2. The maximum absolute atomic E-state index is 5.15. The van der Waals surface area contributed by atoms with E-state index in [4.69, 9.17) is 10.1 Å². The molecule has 3 aromatic rings. The summed E-state index contributed by atoms with van der Waals surface area (Å²) in [5.74, 6) is 1.27. The van der Waals surface area contributed by atoms with Gasteiger partial charge < -0.3 is 10.2 Å². The van der Waals surface area contributed by atoms with E-state index in [0.29, 0.717) is 6.04 Å². The van der Waals surface area contributed by atoms with Crippen molar-refractivity contribution in [2.75, 3.05) is 11.4 Å². The molecule has 2 aromatic heterocycles. The molecule has 2 aliphatic rings. The highest BCUT2D eigenvalue weighted by Gasteiger charge is 2.42. The molecule has 1 aromatic carbocycles. The zero-order valence-corrected chi connectivity index (χ0v) is 21.8. The van der Waals surface area contributed by atoms with E-state index in [9.17, 15) is 0 Å². The fourth-order valence-corrected chi connectivity index (χ4v) is 6.92. The summed E-state index contributed by atoms with van der Waals surface area (Å²) in [6.45, 7) is 21.3. The van der Waals surface area contributed by atoms with Crippen molar-refractivity contribution in [2.45, 2.75) is 98.7 Å². The fourth-order valence-electron chi connectivity index (χ4n) is 6.92. The Labute approximate surface area is 198 Å². The van der Waals surface area contributed by atoms with Crippen LogP contribution >= 0.6 is 0 Å². The minimum atomic E-state index is 0.109. The second-order valence-corrected chi connectivity index (χ2v) is 11.9. The molecular weight excluding hydrogens is 406 g/mol. The van der Waals surface area contributed by atoms with Crippen LogP contribution in [0.1, 0.15) is 74.2 Å². The topological polar surface area (TPSA) is 45.5 Å². The molecule has 5 heteroatoms. The molecule has 5 rings (SSSR count). The Hall–Kier alpha value is -2.40. The summed E-state index contributed by atoms with van der Waals surface area (Å²) >= 11 is 0. The van der Waals surface area contributed by atoms with Gasteiger partial charge in [-0.25, -0.2) is 4.98 Å². The molecule has 2 aliphatic heterocycles. The molecule has 0 unspecified atom stereocenters. The SMILES string of the molecule is Cc1cc(C)c(-c2c(C)nn3c4c(c(C)nc23)CCN4C2CC(C)(C)NC(C)(C)C2)c(C)c1. The maximum atomic E-state index is 5.15. The fraction of sp³-hybridized carbons (Fsp3) is 0.571. The van der Waals surface area contributed by atoms with E-state index in [1.54, 1.807) is 0 Å². The van der Waals surface area contributed by atoms with Gasteiger partial charge in [-0.1, -0.05) is 17.7 Å². The van der Waals surface area contributed by atoms with E-state index in [0.717, 1.165) is 42.8 Å². The number of piperidine rings is 1. The number of aromatic nitrogens is 3. The lowest BCUT2D eigenvalue weighted by Crippen LogP contribution is -2.62. The standard InChI is InChI=1S/C28H39N5/c1-16-12-17(2)23(18(3)13-16)24-20(5)30-33-25(24)29-19(4)22-10-11-32(26(22)33)21-14-27(6,7)31-28(8,9)15-21/h12-13,21,31H,10-11,14-15H2,1-9H3. The highest BCUT2D eigenvalue weighted by atomic mass is 15.4. The van der Waals surface area contributed by atoms with Crippen molar-refractivity contribution in [1.82, 2.24) is 19.9 Å². The van der Waals surface area contributed by atoms with Gasteiger partial charge in [-0.05, 0) is 98.3 Å². The predicted molar refractivity (Wildman–Crippen MR) is 137 cm³/mol. The molecule has 1 N–H and O–H groups in total. The summed E-state index contributed by atoms with van der Waals surface area (Å²) in [7, 11) is 0. The largest absolute Gasteiger partial charge is 0.353 e. The number of fused-ring (bicyclic) bond motifs is 3. The number of benzene rings is 1. The minimum Gasteiger partial charge on any atom is -0.353 e. The smallest absolute Gasteiger partial charge is 0.165 e. The van der Waals surface area contributed by atoms with Gasteiger partial charge in [-0.15, -0.1) is 0 Å². The number of hydrogen-bond acceptors (Lipinski definition) is 4. The van der Waals surface area contributed by atoms with E-state index >= 15 is 0 Å². The zero-order valence-electron chi connectivity index (χ0n) is 21.8. The van der Waals surface area contributed by atoms with Crippen LogP contribution in [-0.2, 0) is 6.42 Å². The molecule has 1 fully saturated rings. The third-order valence-corrected chi connectivity index (χ3v) is 7.63. The second-order valence-electron chi connectivity index (χ2n) is 11.9. The lowest BCUT2D eigenvalue weighted by Gasteiger charge is -2.49. The van der Waals surface area contributed by atoms with Crippen LogP contribution in [0.2, 0.25) is 0 Å². The molecule has 5 nitrogen and oxygen atoms in total. The van der Waals surface area contributed by atoms with Gasteiger partial charge >= 0.3 is 0 Å². The summed E-state index contributed by atoms with van der Waals surface area (Å²) in [6.07, 6.45) is 3.30. The van der Waals surface area contributed by atoms with Crippen LogP contribution < -0.4 is 10.2 Å². The third kappa shape index (κ3) is 3.65. The summed E-state index contributed by atoms with van der Waals surface area (Å²) in [5, 5.41) is 8.97. The number of aryl methyl sites for hydroxylation is 5. The lowest BCUT2D eigenvalue weighted by molar-refractivity contribution is 0.159. The van der Waals surface area contributed by atoms with Crippen LogP contribution in [0.25, 0.3) is 16.8 Å². The highest BCUT2D eigenvalue weighted by Crippen LogP contribution is 2.41. The van der Waals surface area contributed by atoms with Gasteiger partial charge in [0.15, 0.2) is 5.65 Å². The first-order valence-electron chi connectivity index (χ1n) is 12.4. The average molecular weight is 446 g/mol. The van der Waals surface area contributed by atoms with E-state index in [1.165, 1.54) is 39.2 Å². The lowest BCUT2D eigenvalue weighted by atomic mass is 9.79. The molecule has 0 spiro atoms. The molecule has 0 saturated carbocycles. The van der Waals surface area contributed by atoms with Crippen LogP contribution in [0.15, 0.2) is 12.1 Å². The van der Waals surface area contributed by atoms with Crippen molar-refractivity contribution in [3.05, 3.63) is 45.8 Å². The van der Waals surface area contributed by atoms with Crippen LogP contribution in [0, 0.1) is 34.6 Å². The van der Waals surface area contributed by atoms with E-state index in [1.807, 2.05) is 0 Å². The quantitative estimate of drug-likeness (QED) is 0.557. The molecule has 33 heavy (non-hydrogen) atoms. The van der Waals surface area contributed by atoms with E-state index in [-0.39, 0.29) is 11.1 Å². The van der Waals surface area contributed by atoms with Gasteiger partial charge in [0.1, 0.15) is 5.82 Å². The molecular formula is C28H39N5. The molecule has 4 heterocycles. The first-order valence-corrected chi connectivity index (χ1v) is 12.4. The predicted octanol–water partition coefficient (Wildman–Crippen LogP) is 5.61. The van der Waals surface area contributed by atoms with Gasteiger partial charge in [0.25, 0.3) is 0 Å². The van der Waals surface area contributed by atoms with Crippen molar-refractivity contribution in [2.24, 2.45) is 0 Å². The van der Waals surface area contributed by atoms with Gasteiger partial charge in [0.2, 0.25) is 0 Å². The first kappa shape index (κ1) is 22.4. The maximum Gasteiger partial charge on any atom is 0.165 e. The Bertz CT molecular complexity index is 1220. The van der Waals surface area contributed by atoms with Crippen molar-refractivity contribution < 1.29 is 0 Å². The molecule has 0 aliphatic carbocycles. The van der Waals surface area contributed by atoms with Crippen LogP contribution in [0.5, 0.6) is 0 Å².